The summed E-state index contributed by atoms with van der Waals surface area (Å²) in [6.07, 6.45) is 3.69. The summed E-state index contributed by atoms with van der Waals surface area (Å²) < 4.78 is 2.45. The van der Waals surface area contributed by atoms with Gasteiger partial charge in [-0.1, -0.05) is 27.2 Å². The number of halogens is 2. The number of rotatable bonds is 7. The van der Waals surface area contributed by atoms with Crippen LogP contribution in [0.5, 0.6) is 0 Å². The van der Waals surface area contributed by atoms with Gasteiger partial charge in [0.15, 0.2) is 0 Å². The Balaban J connectivity index is 2.84. The average Bonchev–Trinajstić information content (AvgIpc) is 2.59. The van der Waals surface area contributed by atoms with Gasteiger partial charge in [0.25, 0.3) is 0 Å². The third-order valence-electron chi connectivity index (χ3n) is 2.95. The van der Waals surface area contributed by atoms with Gasteiger partial charge in [-0.3, -0.25) is 0 Å². The van der Waals surface area contributed by atoms with Gasteiger partial charge in [-0.05, 0) is 68.8 Å². The van der Waals surface area contributed by atoms with E-state index < -0.39 is 0 Å². The largest absolute Gasteiger partial charge is 0.310 e. The molecule has 0 spiro atoms. The predicted octanol–water partition coefficient (Wildman–Crippen LogP) is 5.75. The van der Waals surface area contributed by atoms with Crippen molar-refractivity contribution in [3.8, 4) is 0 Å². The van der Waals surface area contributed by atoms with Gasteiger partial charge in [0.1, 0.15) is 0 Å². The summed E-state index contributed by atoms with van der Waals surface area (Å²) in [5, 5.41) is 3.68. The van der Waals surface area contributed by atoms with Gasteiger partial charge in [-0.15, -0.1) is 11.3 Å². The number of thiophene rings is 1. The molecule has 0 aliphatic carbocycles. The third-order valence-corrected chi connectivity index (χ3v) is 5.33. The number of nitrogens with one attached hydrogen (secondary N) is 1. The Morgan fingerprint density at radius 3 is 2.47 bits per heavy atom. The van der Waals surface area contributed by atoms with Crippen LogP contribution >= 0.6 is 43.2 Å². The van der Waals surface area contributed by atoms with E-state index in [-0.39, 0.29) is 0 Å². The molecule has 1 aromatic heterocycles. The van der Waals surface area contributed by atoms with Crippen molar-refractivity contribution in [1.82, 2.24) is 5.32 Å². The molecular weight excluding hydrogens is 362 g/mol. The summed E-state index contributed by atoms with van der Waals surface area (Å²) in [6, 6.07) is 2.71. The Hall–Kier alpha value is 0.620. The monoisotopic (exact) mass is 381 g/mol. The van der Waals surface area contributed by atoms with E-state index in [0.29, 0.717) is 12.0 Å². The lowest BCUT2D eigenvalue weighted by Gasteiger charge is -2.25. The van der Waals surface area contributed by atoms with E-state index in [1.165, 1.54) is 32.4 Å². The van der Waals surface area contributed by atoms with E-state index in [4.69, 9.17) is 0 Å². The zero-order chi connectivity index (χ0) is 12.8. The summed E-state index contributed by atoms with van der Waals surface area (Å²) in [5.41, 5.74) is 1.40. The maximum Gasteiger partial charge on any atom is 0.0758 e. The third kappa shape index (κ3) is 4.66. The molecule has 1 rings (SSSR count). The Morgan fingerprint density at radius 1 is 1.29 bits per heavy atom. The van der Waals surface area contributed by atoms with E-state index in [1.807, 2.05) is 0 Å². The van der Waals surface area contributed by atoms with Crippen LogP contribution in [0.25, 0.3) is 0 Å². The summed E-state index contributed by atoms with van der Waals surface area (Å²) >= 11 is 9.01. The van der Waals surface area contributed by atoms with E-state index >= 15 is 0 Å². The molecule has 0 aliphatic rings. The Bertz CT molecular complexity index is 338. The molecule has 98 valence electrons. The van der Waals surface area contributed by atoms with Gasteiger partial charge in [0.2, 0.25) is 0 Å². The average molecular weight is 383 g/mol. The van der Waals surface area contributed by atoms with Crippen LogP contribution in [-0.2, 0) is 0 Å². The SMILES string of the molecule is CCCNC(c1cc(Br)sc1Br)C(C)CCC. The first-order valence-electron chi connectivity index (χ1n) is 6.28. The van der Waals surface area contributed by atoms with Crippen LogP contribution in [0.2, 0.25) is 0 Å². The second-order valence-electron chi connectivity index (χ2n) is 4.48. The van der Waals surface area contributed by atoms with Crippen LogP contribution < -0.4 is 5.32 Å². The standard InChI is InChI=1S/C13H21Br2NS/c1-4-6-9(3)12(16-7-5-2)10-8-11(14)17-13(10)15/h8-9,12,16H,4-7H2,1-3H3. The van der Waals surface area contributed by atoms with Gasteiger partial charge in [-0.25, -0.2) is 0 Å². The first-order valence-corrected chi connectivity index (χ1v) is 8.68. The van der Waals surface area contributed by atoms with Gasteiger partial charge >= 0.3 is 0 Å². The highest BCUT2D eigenvalue weighted by molar-refractivity contribution is 9.12. The molecule has 4 heteroatoms. The van der Waals surface area contributed by atoms with Crippen LogP contribution in [0.1, 0.15) is 51.6 Å². The van der Waals surface area contributed by atoms with Crippen molar-refractivity contribution >= 4 is 43.2 Å². The van der Waals surface area contributed by atoms with E-state index in [0.717, 1.165) is 6.54 Å². The normalized spacial score (nSPS) is 14.9. The Labute approximate surface area is 126 Å². The van der Waals surface area contributed by atoms with E-state index in [9.17, 15) is 0 Å². The minimum Gasteiger partial charge on any atom is -0.310 e. The first-order chi connectivity index (χ1) is 8.10. The van der Waals surface area contributed by atoms with Gasteiger partial charge in [0, 0.05) is 6.04 Å². The van der Waals surface area contributed by atoms with Crippen molar-refractivity contribution in [3.63, 3.8) is 0 Å². The van der Waals surface area contributed by atoms with E-state index in [2.05, 4.69) is 64.0 Å². The fraction of sp³-hybridized carbons (Fsp3) is 0.692. The molecule has 0 saturated heterocycles. The molecule has 1 heterocycles. The maximum atomic E-state index is 3.68. The van der Waals surface area contributed by atoms with Crippen LogP contribution in [-0.4, -0.2) is 6.54 Å². The molecule has 0 fully saturated rings. The molecule has 0 radical (unpaired) electrons. The highest BCUT2D eigenvalue weighted by Gasteiger charge is 2.21. The van der Waals surface area contributed by atoms with Crippen molar-refractivity contribution in [2.24, 2.45) is 5.92 Å². The van der Waals surface area contributed by atoms with Gasteiger partial charge < -0.3 is 5.32 Å². The van der Waals surface area contributed by atoms with Crippen molar-refractivity contribution in [2.45, 2.75) is 46.1 Å². The predicted molar refractivity (Wildman–Crippen MR) is 84.8 cm³/mol. The van der Waals surface area contributed by atoms with Crippen LogP contribution in [0, 0.1) is 5.92 Å². The molecule has 0 aliphatic heterocycles. The lowest BCUT2D eigenvalue weighted by atomic mass is 9.92. The quantitative estimate of drug-likeness (QED) is 0.632. The zero-order valence-corrected chi connectivity index (χ0v) is 14.7. The highest BCUT2D eigenvalue weighted by Crippen LogP contribution is 2.38. The Morgan fingerprint density at radius 2 is 2.00 bits per heavy atom. The van der Waals surface area contributed by atoms with Crippen molar-refractivity contribution < 1.29 is 0 Å². The molecule has 0 aromatic carbocycles. The topological polar surface area (TPSA) is 12.0 Å². The summed E-state index contributed by atoms with van der Waals surface area (Å²) in [6.45, 7) is 7.90. The van der Waals surface area contributed by atoms with Crippen molar-refractivity contribution in [2.75, 3.05) is 6.54 Å². The number of hydrogen-bond acceptors (Lipinski definition) is 2. The minimum atomic E-state index is 0.465. The zero-order valence-electron chi connectivity index (χ0n) is 10.7. The van der Waals surface area contributed by atoms with Gasteiger partial charge in [-0.2, -0.15) is 0 Å². The highest BCUT2D eigenvalue weighted by atomic mass is 79.9. The lowest BCUT2D eigenvalue weighted by Crippen LogP contribution is -2.27. The van der Waals surface area contributed by atoms with Crippen LogP contribution in [0.15, 0.2) is 13.6 Å². The molecule has 2 atom stereocenters. The second kappa shape index (κ2) is 7.93. The smallest absolute Gasteiger partial charge is 0.0758 e. The molecule has 1 N–H and O–H groups in total. The molecule has 2 unspecified atom stereocenters. The molecule has 1 nitrogen and oxygen atoms in total. The Kier molecular flexibility index (Phi) is 7.31. The van der Waals surface area contributed by atoms with Crippen LogP contribution in [0.3, 0.4) is 0 Å². The summed E-state index contributed by atoms with van der Waals surface area (Å²) in [7, 11) is 0. The molecule has 0 amide bonds. The fourth-order valence-electron chi connectivity index (χ4n) is 2.10. The molecule has 17 heavy (non-hydrogen) atoms. The molecule has 1 aromatic rings. The lowest BCUT2D eigenvalue weighted by molar-refractivity contribution is 0.363. The molecule has 0 bridgehead atoms. The van der Waals surface area contributed by atoms with Crippen molar-refractivity contribution in [1.29, 1.82) is 0 Å². The van der Waals surface area contributed by atoms with Crippen LogP contribution in [0.4, 0.5) is 0 Å². The summed E-state index contributed by atoms with van der Waals surface area (Å²) in [5.74, 6) is 0.671. The first kappa shape index (κ1) is 15.7. The summed E-state index contributed by atoms with van der Waals surface area (Å²) in [4.78, 5) is 0. The molecule has 0 saturated carbocycles. The minimum absolute atomic E-state index is 0.465. The number of hydrogen-bond donors (Lipinski definition) is 1. The van der Waals surface area contributed by atoms with E-state index in [1.54, 1.807) is 11.3 Å². The molecular formula is C13H21Br2NS. The fourth-order valence-corrected chi connectivity index (χ4v) is 5.03. The van der Waals surface area contributed by atoms with Gasteiger partial charge in [0.05, 0.1) is 7.57 Å². The second-order valence-corrected chi connectivity index (χ2v) is 8.23. The van der Waals surface area contributed by atoms with Crippen molar-refractivity contribution in [3.05, 3.63) is 19.2 Å². The maximum absolute atomic E-state index is 3.68.